The van der Waals surface area contributed by atoms with Gasteiger partial charge in [-0.3, -0.25) is 9.59 Å². The van der Waals surface area contributed by atoms with E-state index in [0.29, 0.717) is 18.5 Å². The Morgan fingerprint density at radius 2 is 2.35 bits per heavy atom. The van der Waals surface area contributed by atoms with Crippen LogP contribution in [0.4, 0.5) is 0 Å². The number of amides is 1. The monoisotopic (exact) mass is 233 g/mol. The van der Waals surface area contributed by atoms with Crippen molar-refractivity contribution in [2.24, 2.45) is 0 Å². The summed E-state index contributed by atoms with van der Waals surface area (Å²) in [5.41, 5.74) is 1.76. The fourth-order valence-corrected chi connectivity index (χ4v) is 1.84. The topological polar surface area (TPSA) is 55.4 Å². The zero-order chi connectivity index (χ0) is 12.3. The predicted molar refractivity (Wildman–Crippen MR) is 62.9 cm³/mol. The molecule has 0 radical (unpaired) electrons. The second-order valence-electron chi connectivity index (χ2n) is 4.20. The number of Topliss-reactive ketones (excluding diaryl/α,β-unsaturated/α-hetero) is 1. The highest BCUT2D eigenvalue weighted by molar-refractivity contribution is 5.94. The van der Waals surface area contributed by atoms with Crippen LogP contribution in [0.5, 0.6) is 0 Å². The number of ether oxygens (including phenoxy) is 1. The van der Waals surface area contributed by atoms with Gasteiger partial charge in [0.05, 0.1) is 6.10 Å². The summed E-state index contributed by atoms with van der Waals surface area (Å²) in [7, 11) is 0. The molecule has 1 aromatic rings. The Balaban J connectivity index is 2.01. The Kier molecular flexibility index (Phi) is 3.54. The van der Waals surface area contributed by atoms with Crippen LogP contribution in [0.15, 0.2) is 24.3 Å². The van der Waals surface area contributed by atoms with Gasteiger partial charge in [-0.2, -0.15) is 0 Å². The first-order valence-electron chi connectivity index (χ1n) is 5.63. The van der Waals surface area contributed by atoms with Crippen LogP contribution in [0.3, 0.4) is 0 Å². The highest BCUT2D eigenvalue weighted by Gasteiger charge is 2.18. The van der Waals surface area contributed by atoms with E-state index in [-0.39, 0.29) is 24.4 Å². The van der Waals surface area contributed by atoms with E-state index in [1.165, 1.54) is 0 Å². The van der Waals surface area contributed by atoms with Crippen LogP contribution in [0.1, 0.15) is 22.8 Å². The van der Waals surface area contributed by atoms with Gasteiger partial charge in [-0.05, 0) is 18.6 Å². The van der Waals surface area contributed by atoms with Crippen molar-refractivity contribution >= 4 is 11.7 Å². The molecular formula is C13H15NO3. The first-order valence-corrected chi connectivity index (χ1v) is 5.63. The van der Waals surface area contributed by atoms with Crippen molar-refractivity contribution < 1.29 is 14.3 Å². The van der Waals surface area contributed by atoms with Crippen LogP contribution in [-0.2, 0) is 16.0 Å². The minimum absolute atomic E-state index is 0.00471. The minimum Gasteiger partial charge on any atom is -0.366 e. The van der Waals surface area contributed by atoms with Crippen LogP contribution in [0, 0.1) is 0 Å². The molecule has 17 heavy (non-hydrogen) atoms. The van der Waals surface area contributed by atoms with Gasteiger partial charge in [-0.15, -0.1) is 0 Å². The van der Waals surface area contributed by atoms with Crippen molar-refractivity contribution in [2.45, 2.75) is 19.4 Å². The summed E-state index contributed by atoms with van der Waals surface area (Å²) in [6, 6.07) is 7.51. The lowest BCUT2D eigenvalue weighted by atomic mass is 10.0. The van der Waals surface area contributed by atoms with E-state index in [0.717, 1.165) is 5.56 Å². The van der Waals surface area contributed by atoms with Crippen molar-refractivity contribution in [3.05, 3.63) is 35.4 Å². The second-order valence-corrected chi connectivity index (χ2v) is 4.20. The number of hydrogen-bond donors (Lipinski definition) is 1. The lowest BCUT2D eigenvalue weighted by Crippen LogP contribution is -2.43. The fraction of sp³-hybridized carbons (Fsp3) is 0.385. The summed E-state index contributed by atoms with van der Waals surface area (Å²) in [6.07, 6.45) is 0.705. The van der Waals surface area contributed by atoms with E-state index >= 15 is 0 Å². The first-order chi connectivity index (χ1) is 8.15. The lowest BCUT2D eigenvalue weighted by Gasteiger charge is -2.23. The fourth-order valence-electron chi connectivity index (χ4n) is 1.84. The molecule has 0 saturated carbocycles. The zero-order valence-electron chi connectivity index (χ0n) is 9.73. The molecule has 1 heterocycles. The summed E-state index contributed by atoms with van der Waals surface area (Å²) in [6.45, 7) is 2.21. The van der Waals surface area contributed by atoms with Crippen molar-refractivity contribution in [3.63, 3.8) is 0 Å². The third-order valence-electron chi connectivity index (χ3n) is 2.77. The van der Waals surface area contributed by atoms with Crippen molar-refractivity contribution in [2.75, 3.05) is 13.2 Å². The van der Waals surface area contributed by atoms with E-state index < -0.39 is 0 Å². The molecule has 1 aliphatic heterocycles. The highest BCUT2D eigenvalue weighted by Crippen LogP contribution is 2.11. The van der Waals surface area contributed by atoms with Gasteiger partial charge in [0.25, 0.3) is 0 Å². The van der Waals surface area contributed by atoms with E-state index in [1.807, 2.05) is 18.2 Å². The Morgan fingerprint density at radius 3 is 3.00 bits per heavy atom. The second kappa shape index (κ2) is 5.10. The maximum absolute atomic E-state index is 11.2. The maximum atomic E-state index is 11.2. The van der Waals surface area contributed by atoms with E-state index in [9.17, 15) is 9.59 Å². The molecule has 4 nitrogen and oxygen atoms in total. The molecule has 2 rings (SSSR count). The first kappa shape index (κ1) is 11.8. The van der Waals surface area contributed by atoms with Gasteiger partial charge >= 0.3 is 0 Å². The molecule has 0 bridgehead atoms. The van der Waals surface area contributed by atoms with E-state index in [2.05, 4.69) is 5.32 Å². The zero-order valence-corrected chi connectivity index (χ0v) is 9.73. The van der Waals surface area contributed by atoms with Crippen LogP contribution in [0.2, 0.25) is 0 Å². The molecule has 1 amide bonds. The Labute approximate surface area is 100.0 Å². The average Bonchev–Trinajstić information content (AvgIpc) is 2.32. The minimum atomic E-state index is -0.0706. The Bertz CT molecular complexity index is 432. The number of carbonyl (C=O) groups excluding carboxylic acids is 2. The maximum Gasteiger partial charge on any atom is 0.246 e. The summed E-state index contributed by atoms with van der Waals surface area (Å²) < 4.78 is 5.40. The molecule has 1 aliphatic rings. The van der Waals surface area contributed by atoms with Gasteiger partial charge in [0.2, 0.25) is 5.91 Å². The summed E-state index contributed by atoms with van der Waals surface area (Å²) >= 11 is 0. The number of nitrogens with one attached hydrogen (secondary N) is 1. The van der Waals surface area contributed by atoms with Crippen molar-refractivity contribution in [1.29, 1.82) is 0 Å². The number of carbonyl (C=O) groups is 2. The van der Waals surface area contributed by atoms with Crippen LogP contribution < -0.4 is 5.32 Å². The normalized spacial score (nSPS) is 19.8. The van der Waals surface area contributed by atoms with Crippen molar-refractivity contribution in [3.8, 4) is 0 Å². The Morgan fingerprint density at radius 1 is 1.53 bits per heavy atom. The van der Waals surface area contributed by atoms with Gasteiger partial charge in [0, 0.05) is 18.5 Å². The third kappa shape index (κ3) is 3.14. The molecule has 0 aliphatic carbocycles. The largest absolute Gasteiger partial charge is 0.366 e. The molecule has 1 atom stereocenters. The number of ketones is 1. The molecule has 1 unspecified atom stereocenters. The number of hydrogen-bond acceptors (Lipinski definition) is 3. The van der Waals surface area contributed by atoms with Crippen LogP contribution >= 0.6 is 0 Å². The van der Waals surface area contributed by atoms with Crippen LogP contribution in [-0.4, -0.2) is 30.9 Å². The number of benzene rings is 1. The third-order valence-corrected chi connectivity index (χ3v) is 2.77. The molecule has 90 valence electrons. The molecule has 4 heteroatoms. The summed E-state index contributed by atoms with van der Waals surface area (Å²) in [4.78, 5) is 22.2. The van der Waals surface area contributed by atoms with Gasteiger partial charge in [-0.25, -0.2) is 0 Å². The van der Waals surface area contributed by atoms with E-state index in [1.54, 1.807) is 13.0 Å². The predicted octanol–water partition coefficient (Wildman–Crippen LogP) is 0.947. The smallest absolute Gasteiger partial charge is 0.246 e. The van der Waals surface area contributed by atoms with Crippen molar-refractivity contribution in [1.82, 2.24) is 5.32 Å². The van der Waals surface area contributed by atoms with Gasteiger partial charge in [0.1, 0.15) is 6.61 Å². The molecule has 1 aromatic carbocycles. The molecule has 1 saturated heterocycles. The van der Waals surface area contributed by atoms with Crippen LogP contribution in [0.25, 0.3) is 0 Å². The van der Waals surface area contributed by atoms with Gasteiger partial charge in [-0.1, -0.05) is 18.2 Å². The average molecular weight is 233 g/mol. The highest BCUT2D eigenvalue weighted by atomic mass is 16.5. The lowest BCUT2D eigenvalue weighted by molar-refractivity contribution is -0.133. The van der Waals surface area contributed by atoms with Gasteiger partial charge in [0.15, 0.2) is 5.78 Å². The quantitative estimate of drug-likeness (QED) is 0.791. The molecule has 0 spiro atoms. The number of morpholine rings is 1. The van der Waals surface area contributed by atoms with Gasteiger partial charge < -0.3 is 10.1 Å². The summed E-state index contributed by atoms with van der Waals surface area (Å²) in [5, 5.41) is 2.76. The molecular weight excluding hydrogens is 218 g/mol. The Hall–Kier alpha value is -1.68. The number of rotatable bonds is 3. The molecule has 1 fully saturated rings. The molecule has 1 N–H and O–H groups in total. The summed E-state index contributed by atoms with van der Waals surface area (Å²) in [5.74, 6) is -0.0107. The SMILES string of the molecule is CC(=O)c1cccc(CC2CNC(=O)CO2)c1. The standard InChI is InChI=1S/C13H15NO3/c1-9(15)11-4-2-3-10(5-11)6-12-7-14-13(16)8-17-12/h2-5,12H,6-8H2,1H3,(H,14,16). The van der Waals surface area contributed by atoms with E-state index in [4.69, 9.17) is 4.74 Å². The molecule has 0 aromatic heterocycles.